The first kappa shape index (κ1) is 32.9. The van der Waals surface area contributed by atoms with Gasteiger partial charge in [-0.3, -0.25) is 0 Å². The molecule has 0 aliphatic rings. The van der Waals surface area contributed by atoms with Gasteiger partial charge < -0.3 is 4.42 Å². The molecule has 61 heavy (non-hydrogen) atoms. The van der Waals surface area contributed by atoms with Gasteiger partial charge in [-0.1, -0.05) is 182 Å². The van der Waals surface area contributed by atoms with Crippen LogP contribution in [0.25, 0.3) is 141 Å². The molecule has 0 atom stereocenters. The summed E-state index contributed by atoms with van der Waals surface area (Å²) in [6.45, 7) is 0. The molecule has 0 radical (unpaired) electrons. The number of benzene rings is 13. The van der Waals surface area contributed by atoms with E-state index in [-0.39, 0.29) is 0 Å². The Morgan fingerprint density at radius 3 is 1.56 bits per heavy atom. The van der Waals surface area contributed by atoms with Gasteiger partial charge in [-0.2, -0.15) is 0 Å². The minimum absolute atomic E-state index is 0.899. The van der Waals surface area contributed by atoms with Gasteiger partial charge in [-0.05, 0) is 138 Å². The van der Waals surface area contributed by atoms with Crippen molar-refractivity contribution in [3.63, 3.8) is 0 Å². The molecule has 0 fully saturated rings. The summed E-state index contributed by atoms with van der Waals surface area (Å²) in [5, 5.41) is 22.4. The van der Waals surface area contributed by atoms with E-state index in [4.69, 9.17) is 4.42 Å². The van der Waals surface area contributed by atoms with Gasteiger partial charge in [0.25, 0.3) is 0 Å². The van der Waals surface area contributed by atoms with E-state index in [1.807, 2.05) is 0 Å². The Morgan fingerprint density at radius 2 is 0.738 bits per heavy atom. The average molecular weight is 771 g/mol. The van der Waals surface area contributed by atoms with Crippen LogP contribution in [0, 0.1) is 0 Å². The molecule has 1 heterocycles. The van der Waals surface area contributed by atoms with Gasteiger partial charge in [-0.25, -0.2) is 0 Å². The van der Waals surface area contributed by atoms with Gasteiger partial charge in [0.1, 0.15) is 11.2 Å². The Hall–Kier alpha value is -8.00. The molecule has 0 saturated heterocycles. The highest BCUT2D eigenvalue weighted by atomic mass is 16.3. The molecular formula is C60H34O. The summed E-state index contributed by atoms with van der Waals surface area (Å²) in [5.41, 5.74) is 8.96. The maximum atomic E-state index is 7.15. The minimum Gasteiger partial charge on any atom is -0.455 e. The molecule has 13 aromatic carbocycles. The predicted molar refractivity (Wildman–Crippen MR) is 261 cm³/mol. The molecule has 0 saturated carbocycles. The van der Waals surface area contributed by atoms with E-state index in [9.17, 15) is 0 Å². The SMILES string of the molecule is c1ccc2cc3c(cc2c1)oc1c(-c2ccc(-c4c5ccccc5cc5c4ccc4ccccc45)c4ccccc24)ccc(-c2ccc4ccc5cccc6ccc2c4c56)c13. The fourth-order valence-corrected chi connectivity index (χ4v) is 10.8. The van der Waals surface area contributed by atoms with Crippen LogP contribution in [-0.4, -0.2) is 0 Å². The van der Waals surface area contributed by atoms with Crippen molar-refractivity contribution < 1.29 is 4.42 Å². The van der Waals surface area contributed by atoms with Crippen molar-refractivity contribution in [1.29, 1.82) is 0 Å². The van der Waals surface area contributed by atoms with Crippen LogP contribution < -0.4 is 0 Å². The summed E-state index contributed by atoms with van der Waals surface area (Å²) >= 11 is 0. The Bertz CT molecular complexity index is 4150. The lowest BCUT2D eigenvalue weighted by atomic mass is 9.85. The summed E-state index contributed by atoms with van der Waals surface area (Å²) in [4.78, 5) is 0. The molecule has 1 nitrogen and oxygen atoms in total. The summed E-state index contributed by atoms with van der Waals surface area (Å²) in [6.07, 6.45) is 0. The second-order valence-corrected chi connectivity index (χ2v) is 16.7. The quantitative estimate of drug-likeness (QED) is 0.129. The van der Waals surface area contributed by atoms with E-state index in [1.165, 1.54) is 108 Å². The van der Waals surface area contributed by atoms with E-state index in [0.717, 1.165) is 33.1 Å². The Balaban J connectivity index is 1.07. The molecule has 0 bridgehead atoms. The Kier molecular flexibility index (Phi) is 6.62. The van der Waals surface area contributed by atoms with Gasteiger partial charge in [-0.15, -0.1) is 0 Å². The smallest absolute Gasteiger partial charge is 0.143 e. The van der Waals surface area contributed by atoms with Crippen LogP contribution in [-0.2, 0) is 0 Å². The maximum Gasteiger partial charge on any atom is 0.143 e. The lowest BCUT2D eigenvalue weighted by molar-refractivity contribution is 0.670. The molecule has 14 aromatic rings. The van der Waals surface area contributed by atoms with Crippen LogP contribution in [0.1, 0.15) is 0 Å². The first-order valence-electron chi connectivity index (χ1n) is 21.2. The Morgan fingerprint density at radius 1 is 0.230 bits per heavy atom. The molecule has 0 amide bonds. The normalized spacial score (nSPS) is 12.3. The van der Waals surface area contributed by atoms with Crippen LogP contribution in [0.5, 0.6) is 0 Å². The van der Waals surface area contributed by atoms with E-state index in [2.05, 4.69) is 206 Å². The monoisotopic (exact) mass is 770 g/mol. The van der Waals surface area contributed by atoms with Crippen molar-refractivity contribution in [2.45, 2.75) is 0 Å². The molecule has 0 spiro atoms. The van der Waals surface area contributed by atoms with Crippen LogP contribution in [0.3, 0.4) is 0 Å². The summed E-state index contributed by atoms with van der Waals surface area (Å²) < 4.78 is 7.15. The third-order valence-electron chi connectivity index (χ3n) is 13.6. The minimum atomic E-state index is 0.899. The van der Waals surface area contributed by atoms with Crippen LogP contribution in [0.2, 0.25) is 0 Å². The zero-order valence-corrected chi connectivity index (χ0v) is 33.0. The lowest BCUT2D eigenvalue weighted by Crippen LogP contribution is -1.91. The fraction of sp³-hybridized carbons (Fsp3) is 0. The zero-order chi connectivity index (χ0) is 39.8. The molecule has 14 rings (SSSR count). The molecule has 0 aliphatic carbocycles. The second-order valence-electron chi connectivity index (χ2n) is 16.7. The number of hydrogen-bond acceptors (Lipinski definition) is 1. The lowest BCUT2D eigenvalue weighted by Gasteiger charge is -2.18. The van der Waals surface area contributed by atoms with E-state index in [1.54, 1.807) is 0 Å². The number of furan rings is 1. The van der Waals surface area contributed by atoms with Gasteiger partial charge in [0.05, 0.1) is 0 Å². The highest BCUT2D eigenvalue weighted by Crippen LogP contribution is 2.49. The van der Waals surface area contributed by atoms with Gasteiger partial charge >= 0.3 is 0 Å². The molecule has 0 unspecified atom stereocenters. The average Bonchev–Trinajstić information content (AvgIpc) is 3.69. The Labute approximate surface area is 350 Å². The highest BCUT2D eigenvalue weighted by molar-refractivity contribution is 6.29. The largest absolute Gasteiger partial charge is 0.455 e. The molecule has 0 aliphatic heterocycles. The third kappa shape index (κ3) is 4.61. The molecule has 1 heteroatoms. The highest BCUT2D eigenvalue weighted by Gasteiger charge is 2.23. The maximum absolute atomic E-state index is 7.15. The third-order valence-corrected chi connectivity index (χ3v) is 13.6. The van der Waals surface area contributed by atoms with Gasteiger partial charge in [0, 0.05) is 16.3 Å². The molecule has 280 valence electrons. The van der Waals surface area contributed by atoms with E-state index < -0.39 is 0 Å². The van der Waals surface area contributed by atoms with Crippen molar-refractivity contribution >= 4 is 108 Å². The van der Waals surface area contributed by atoms with Crippen molar-refractivity contribution in [3.05, 3.63) is 206 Å². The standard InChI is InChI=1S/C60H34O/c1-2-12-40-34-55-54(32-39(40)11-1)59-50(47-25-23-38-21-20-36-14-9-15-37-24-27-48(47)57(38)56(36)37)30-31-52(60(59)61-55)46-28-29-49(45-19-8-7-18-44(45)46)58-43-17-6-4-13-41(43)33-53-42-16-5-3-10-35(42)22-26-51(53)58/h1-34H. The van der Waals surface area contributed by atoms with E-state index in [0.29, 0.717) is 0 Å². The summed E-state index contributed by atoms with van der Waals surface area (Å²) in [7, 11) is 0. The van der Waals surface area contributed by atoms with Crippen LogP contribution in [0.4, 0.5) is 0 Å². The number of fused-ring (bicyclic) bond motifs is 9. The van der Waals surface area contributed by atoms with Crippen molar-refractivity contribution in [1.82, 2.24) is 0 Å². The molecule has 0 N–H and O–H groups in total. The topological polar surface area (TPSA) is 13.1 Å². The fourth-order valence-electron chi connectivity index (χ4n) is 10.8. The van der Waals surface area contributed by atoms with Crippen LogP contribution in [0.15, 0.2) is 211 Å². The zero-order valence-electron chi connectivity index (χ0n) is 33.0. The summed E-state index contributed by atoms with van der Waals surface area (Å²) in [5.74, 6) is 0. The molecule has 1 aromatic heterocycles. The summed E-state index contributed by atoms with van der Waals surface area (Å²) in [6, 6.07) is 76.4. The number of rotatable bonds is 3. The van der Waals surface area contributed by atoms with Gasteiger partial charge in [0.2, 0.25) is 0 Å². The number of hydrogen-bond donors (Lipinski definition) is 0. The second kappa shape index (κ2) is 12.3. The van der Waals surface area contributed by atoms with Crippen molar-refractivity contribution in [2.75, 3.05) is 0 Å². The van der Waals surface area contributed by atoms with Crippen LogP contribution >= 0.6 is 0 Å². The predicted octanol–water partition coefficient (Wildman–Crippen LogP) is 17.3. The first-order valence-corrected chi connectivity index (χ1v) is 21.2. The van der Waals surface area contributed by atoms with Gasteiger partial charge in [0.15, 0.2) is 0 Å². The van der Waals surface area contributed by atoms with E-state index >= 15 is 0 Å². The molecular weight excluding hydrogens is 737 g/mol. The van der Waals surface area contributed by atoms with Crippen molar-refractivity contribution in [3.8, 4) is 33.4 Å². The first-order chi connectivity index (χ1) is 30.2. The van der Waals surface area contributed by atoms with Crippen molar-refractivity contribution in [2.24, 2.45) is 0 Å².